The molecule has 0 aliphatic carbocycles. The number of hydrogen-bond acceptors (Lipinski definition) is 5. The van der Waals surface area contributed by atoms with E-state index in [1.165, 1.54) is 32.4 Å². The minimum absolute atomic E-state index is 0.0333. The average Bonchev–Trinajstić information content (AvgIpc) is 2.60. The van der Waals surface area contributed by atoms with Gasteiger partial charge in [0, 0.05) is 11.5 Å². The van der Waals surface area contributed by atoms with Crippen molar-refractivity contribution in [3.05, 3.63) is 59.4 Å². The number of benzene rings is 2. The Balaban J connectivity index is 2.27. The molecule has 0 spiro atoms. The Hall–Kier alpha value is -3.35. The number of primary amides is 1. The van der Waals surface area contributed by atoms with E-state index in [9.17, 15) is 9.18 Å². The highest BCUT2D eigenvalue weighted by atomic mass is 19.1. The fourth-order valence-corrected chi connectivity index (χ4v) is 2.39. The van der Waals surface area contributed by atoms with Gasteiger partial charge in [0.2, 0.25) is 5.55 Å². The summed E-state index contributed by atoms with van der Waals surface area (Å²) < 4.78 is 29.7. The van der Waals surface area contributed by atoms with Gasteiger partial charge in [-0.15, -0.1) is 0 Å². The van der Waals surface area contributed by atoms with Crippen LogP contribution in [0.1, 0.15) is 10.4 Å². The largest absolute Gasteiger partial charge is 0.494 e. The lowest BCUT2D eigenvalue weighted by atomic mass is 10.1. The summed E-state index contributed by atoms with van der Waals surface area (Å²) in [6, 6.07) is 10.9. The van der Waals surface area contributed by atoms with Gasteiger partial charge in [-0.2, -0.15) is 0 Å². The molecule has 7 heteroatoms. The fraction of sp³-hybridized carbons (Fsp3) is 0.111. The summed E-state index contributed by atoms with van der Waals surface area (Å²) in [5.74, 6) is -0.721. The van der Waals surface area contributed by atoms with Gasteiger partial charge in [-0.25, -0.2) is 9.38 Å². The number of rotatable bonds is 4. The van der Waals surface area contributed by atoms with Gasteiger partial charge in [-0.3, -0.25) is 4.79 Å². The van der Waals surface area contributed by atoms with Gasteiger partial charge in [0.25, 0.3) is 5.91 Å². The monoisotopic (exact) mass is 342 g/mol. The van der Waals surface area contributed by atoms with Crippen LogP contribution in [0.2, 0.25) is 0 Å². The smallest absolute Gasteiger partial charge is 0.254 e. The van der Waals surface area contributed by atoms with Crippen LogP contribution in [0.25, 0.3) is 11.0 Å². The summed E-state index contributed by atoms with van der Waals surface area (Å²) in [5, 5.41) is 0.632. The van der Waals surface area contributed by atoms with E-state index < -0.39 is 11.7 Å². The molecule has 3 aromatic rings. The SMILES string of the molecule is COc1ccc(N=c2oc3c(OC)cccc3cc2C(N)=O)cc1F. The molecule has 0 aliphatic heterocycles. The number of nitrogens with zero attached hydrogens (tertiary/aromatic N) is 1. The molecule has 1 aromatic heterocycles. The van der Waals surface area contributed by atoms with Crippen LogP contribution in [0.5, 0.6) is 11.5 Å². The van der Waals surface area contributed by atoms with E-state index in [2.05, 4.69) is 4.99 Å². The first kappa shape index (κ1) is 16.5. The number of para-hydroxylation sites is 1. The van der Waals surface area contributed by atoms with Gasteiger partial charge in [0.1, 0.15) is 5.56 Å². The Morgan fingerprint density at radius 3 is 2.52 bits per heavy atom. The fourth-order valence-electron chi connectivity index (χ4n) is 2.39. The van der Waals surface area contributed by atoms with Crippen LogP contribution in [0.15, 0.2) is 51.9 Å². The van der Waals surface area contributed by atoms with E-state index in [-0.39, 0.29) is 22.6 Å². The highest BCUT2D eigenvalue weighted by molar-refractivity contribution is 5.96. The van der Waals surface area contributed by atoms with Gasteiger partial charge < -0.3 is 19.6 Å². The maximum Gasteiger partial charge on any atom is 0.254 e. The maximum absolute atomic E-state index is 13.9. The molecular formula is C18H15FN2O4. The van der Waals surface area contributed by atoms with Crippen LogP contribution in [-0.4, -0.2) is 20.1 Å². The Bertz CT molecular complexity index is 1030. The molecule has 1 amide bonds. The van der Waals surface area contributed by atoms with E-state index in [0.29, 0.717) is 16.7 Å². The number of methoxy groups -OCH3 is 2. The van der Waals surface area contributed by atoms with Gasteiger partial charge in [0.15, 0.2) is 22.9 Å². The van der Waals surface area contributed by atoms with Crippen LogP contribution in [-0.2, 0) is 0 Å². The van der Waals surface area contributed by atoms with Crippen LogP contribution >= 0.6 is 0 Å². The van der Waals surface area contributed by atoms with E-state index in [0.717, 1.165) is 0 Å². The van der Waals surface area contributed by atoms with Crippen molar-refractivity contribution in [2.75, 3.05) is 14.2 Å². The van der Waals surface area contributed by atoms with Gasteiger partial charge >= 0.3 is 0 Å². The number of ether oxygens (including phenoxy) is 2. The molecule has 6 nitrogen and oxygen atoms in total. The van der Waals surface area contributed by atoms with Crippen molar-refractivity contribution >= 4 is 22.6 Å². The zero-order valence-electron chi connectivity index (χ0n) is 13.6. The van der Waals surface area contributed by atoms with E-state index in [1.807, 2.05) is 0 Å². The molecule has 0 radical (unpaired) electrons. The molecule has 2 aromatic carbocycles. The van der Waals surface area contributed by atoms with Gasteiger partial charge in [0.05, 0.1) is 19.9 Å². The minimum atomic E-state index is -0.707. The molecule has 25 heavy (non-hydrogen) atoms. The third-order valence-electron chi connectivity index (χ3n) is 3.59. The first-order chi connectivity index (χ1) is 12.0. The number of carbonyl (C=O) groups is 1. The summed E-state index contributed by atoms with van der Waals surface area (Å²) in [7, 11) is 2.87. The second kappa shape index (κ2) is 6.64. The van der Waals surface area contributed by atoms with Crippen molar-refractivity contribution in [1.29, 1.82) is 0 Å². The summed E-state index contributed by atoms with van der Waals surface area (Å²) >= 11 is 0. The summed E-state index contributed by atoms with van der Waals surface area (Å²) in [6.45, 7) is 0. The van der Waals surface area contributed by atoms with Crippen molar-refractivity contribution in [2.45, 2.75) is 0 Å². The van der Waals surface area contributed by atoms with Crippen LogP contribution in [0, 0.1) is 5.82 Å². The lowest BCUT2D eigenvalue weighted by Crippen LogP contribution is -2.21. The standard InChI is InChI=1S/C18H15FN2O4/c1-23-14-7-6-11(9-13(14)19)21-18-12(17(20)22)8-10-4-3-5-15(24-2)16(10)25-18/h3-9H,1-2H3,(H2,20,22). The second-order valence-electron chi connectivity index (χ2n) is 5.14. The summed E-state index contributed by atoms with van der Waals surface area (Å²) in [6.07, 6.45) is 0. The quantitative estimate of drug-likeness (QED) is 0.790. The molecule has 0 saturated carbocycles. The van der Waals surface area contributed by atoms with Crippen molar-refractivity contribution < 1.29 is 23.1 Å². The third kappa shape index (κ3) is 3.16. The zero-order valence-corrected chi connectivity index (χ0v) is 13.6. The molecule has 0 atom stereocenters. The molecule has 0 fully saturated rings. The van der Waals surface area contributed by atoms with Gasteiger partial charge in [-0.05, 0) is 24.3 Å². The lowest BCUT2D eigenvalue weighted by Gasteiger charge is -2.06. The van der Waals surface area contributed by atoms with Crippen molar-refractivity contribution in [2.24, 2.45) is 10.7 Å². The van der Waals surface area contributed by atoms with E-state index >= 15 is 0 Å². The van der Waals surface area contributed by atoms with E-state index in [4.69, 9.17) is 19.6 Å². The number of amides is 1. The van der Waals surface area contributed by atoms with E-state index in [1.54, 1.807) is 24.3 Å². The number of carbonyl (C=O) groups excluding carboxylic acids is 1. The lowest BCUT2D eigenvalue weighted by molar-refractivity contribution is 0.0996. The Morgan fingerprint density at radius 2 is 1.88 bits per heavy atom. The first-order valence-corrected chi connectivity index (χ1v) is 7.32. The topological polar surface area (TPSA) is 87.1 Å². The molecule has 3 rings (SSSR count). The highest BCUT2D eigenvalue weighted by Crippen LogP contribution is 2.25. The summed E-state index contributed by atoms with van der Waals surface area (Å²) in [4.78, 5) is 16.0. The molecule has 0 unspecified atom stereocenters. The zero-order chi connectivity index (χ0) is 18.0. The third-order valence-corrected chi connectivity index (χ3v) is 3.59. The Labute approximate surface area is 142 Å². The molecule has 0 bridgehead atoms. The molecule has 2 N–H and O–H groups in total. The maximum atomic E-state index is 13.9. The van der Waals surface area contributed by atoms with Crippen LogP contribution in [0.4, 0.5) is 10.1 Å². The summed E-state index contributed by atoms with van der Waals surface area (Å²) in [5.41, 5.74) is 6.12. The molecule has 0 saturated heterocycles. The van der Waals surface area contributed by atoms with Crippen LogP contribution in [0.3, 0.4) is 0 Å². The number of hydrogen-bond donors (Lipinski definition) is 1. The van der Waals surface area contributed by atoms with Crippen molar-refractivity contribution in [3.63, 3.8) is 0 Å². The van der Waals surface area contributed by atoms with Crippen molar-refractivity contribution in [3.8, 4) is 11.5 Å². The predicted octanol–water partition coefficient (Wildman–Crippen LogP) is 2.92. The van der Waals surface area contributed by atoms with Crippen LogP contribution < -0.4 is 20.8 Å². The number of nitrogens with two attached hydrogens (primary N) is 1. The molecule has 1 heterocycles. The minimum Gasteiger partial charge on any atom is -0.494 e. The van der Waals surface area contributed by atoms with Gasteiger partial charge in [-0.1, -0.05) is 12.1 Å². The molecular weight excluding hydrogens is 327 g/mol. The predicted molar refractivity (Wildman–Crippen MR) is 89.5 cm³/mol. The Kier molecular flexibility index (Phi) is 4.38. The molecule has 0 aliphatic rings. The normalized spacial score (nSPS) is 11.6. The molecule has 128 valence electrons. The number of fused-ring (bicyclic) bond motifs is 1. The Morgan fingerprint density at radius 1 is 1.12 bits per heavy atom. The first-order valence-electron chi connectivity index (χ1n) is 7.32. The van der Waals surface area contributed by atoms with Crippen molar-refractivity contribution in [1.82, 2.24) is 0 Å². The highest BCUT2D eigenvalue weighted by Gasteiger charge is 2.12. The average molecular weight is 342 g/mol. The number of halogens is 1. The second-order valence-corrected chi connectivity index (χ2v) is 5.14.